The monoisotopic (exact) mass is 241 g/mol. The topological polar surface area (TPSA) is 53.4 Å². The maximum absolute atomic E-state index is 9.10. The van der Waals surface area contributed by atoms with Crippen molar-refractivity contribution in [2.75, 3.05) is 0 Å². The lowest BCUT2D eigenvalue weighted by molar-refractivity contribution is 0.425. The van der Waals surface area contributed by atoms with E-state index in [0.717, 1.165) is 23.0 Å². The molecule has 0 atom stereocenters. The summed E-state index contributed by atoms with van der Waals surface area (Å²) in [4.78, 5) is 4.19. The summed E-state index contributed by atoms with van der Waals surface area (Å²) in [5, 5.41) is 18.2. The summed E-state index contributed by atoms with van der Waals surface area (Å²) in [6.45, 7) is 0. The number of hydrogen-bond donors (Lipinski definition) is 2. The third-order valence-electron chi connectivity index (χ3n) is 2.16. The van der Waals surface area contributed by atoms with E-state index in [9.17, 15) is 0 Å². The van der Waals surface area contributed by atoms with Crippen molar-refractivity contribution in [3.63, 3.8) is 0 Å². The highest BCUT2D eigenvalue weighted by molar-refractivity contribution is 9.10. The van der Waals surface area contributed by atoms with Gasteiger partial charge in [-0.15, -0.1) is 0 Å². The van der Waals surface area contributed by atoms with Crippen molar-refractivity contribution in [1.29, 1.82) is 0 Å². The fourth-order valence-electron chi connectivity index (χ4n) is 1.37. The van der Waals surface area contributed by atoms with E-state index in [-0.39, 0.29) is 0 Å². The Morgan fingerprint density at radius 3 is 2.69 bits per heavy atom. The van der Waals surface area contributed by atoms with E-state index < -0.39 is 7.12 Å². The van der Waals surface area contributed by atoms with Crippen molar-refractivity contribution in [2.24, 2.45) is 0 Å². The molecule has 1 heterocycles. The molecule has 0 aromatic carbocycles. The maximum atomic E-state index is 9.10. The largest absolute Gasteiger partial charge is 0.490 e. The molecule has 1 saturated carbocycles. The summed E-state index contributed by atoms with van der Waals surface area (Å²) in [6, 6.07) is 1.71. The Bertz CT molecular complexity index is 328. The molecule has 1 fully saturated rings. The van der Waals surface area contributed by atoms with Gasteiger partial charge in [0.15, 0.2) is 0 Å². The van der Waals surface area contributed by atoms with E-state index in [1.807, 2.05) is 0 Å². The van der Waals surface area contributed by atoms with Gasteiger partial charge in [0.2, 0.25) is 0 Å². The first-order valence-corrected chi connectivity index (χ1v) is 4.99. The summed E-state index contributed by atoms with van der Waals surface area (Å²) in [5.41, 5.74) is 1.36. The van der Waals surface area contributed by atoms with Crippen LogP contribution in [0.5, 0.6) is 0 Å². The van der Waals surface area contributed by atoms with Crippen molar-refractivity contribution in [3.05, 3.63) is 22.4 Å². The van der Waals surface area contributed by atoms with Gasteiger partial charge in [-0.05, 0) is 34.8 Å². The standard InChI is InChI=1S/C8H9BBrNO2/c10-6-3-7(9(12)13)8(11-4-6)5-1-2-5/h3-5,12-13H,1-2H2. The van der Waals surface area contributed by atoms with Crippen LogP contribution in [-0.4, -0.2) is 22.2 Å². The molecular formula is C8H9BBrNO2. The SMILES string of the molecule is OB(O)c1cc(Br)cnc1C1CC1. The van der Waals surface area contributed by atoms with Crippen LogP contribution < -0.4 is 5.46 Å². The van der Waals surface area contributed by atoms with Crippen molar-refractivity contribution >= 4 is 28.5 Å². The van der Waals surface area contributed by atoms with Crippen LogP contribution in [0.4, 0.5) is 0 Å². The van der Waals surface area contributed by atoms with Gasteiger partial charge in [-0.1, -0.05) is 0 Å². The molecule has 0 aliphatic heterocycles. The molecule has 0 saturated heterocycles. The number of halogens is 1. The van der Waals surface area contributed by atoms with Gasteiger partial charge in [0.05, 0.1) is 0 Å². The number of pyridine rings is 1. The molecule has 0 spiro atoms. The van der Waals surface area contributed by atoms with E-state index in [1.54, 1.807) is 12.3 Å². The molecular weight excluding hydrogens is 233 g/mol. The Morgan fingerprint density at radius 2 is 2.15 bits per heavy atom. The Balaban J connectivity index is 2.41. The average Bonchev–Trinajstić information content (AvgIpc) is 2.87. The smallest absolute Gasteiger partial charge is 0.423 e. The first-order chi connectivity index (χ1) is 6.18. The minimum absolute atomic E-state index is 0.435. The second-order valence-electron chi connectivity index (χ2n) is 3.28. The van der Waals surface area contributed by atoms with Gasteiger partial charge in [-0.25, -0.2) is 0 Å². The van der Waals surface area contributed by atoms with E-state index in [1.165, 1.54) is 0 Å². The molecule has 13 heavy (non-hydrogen) atoms. The lowest BCUT2D eigenvalue weighted by Gasteiger charge is -2.06. The molecule has 0 radical (unpaired) electrons. The summed E-state index contributed by atoms with van der Waals surface area (Å²) in [6.07, 6.45) is 3.90. The Hall–Kier alpha value is -0.385. The molecule has 0 unspecified atom stereocenters. The predicted octanol–water partition coefficient (Wildman–Crippen LogP) is 0.401. The number of rotatable bonds is 2. The summed E-state index contributed by atoms with van der Waals surface area (Å²) in [7, 11) is -1.42. The highest BCUT2D eigenvalue weighted by atomic mass is 79.9. The van der Waals surface area contributed by atoms with Gasteiger partial charge in [-0.2, -0.15) is 0 Å². The highest BCUT2D eigenvalue weighted by Gasteiger charge is 2.30. The fourth-order valence-corrected chi connectivity index (χ4v) is 1.72. The van der Waals surface area contributed by atoms with E-state index >= 15 is 0 Å². The minimum atomic E-state index is -1.42. The van der Waals surface area contributed by atoms with Crippen molar-refractivity contribution in [2.45, 2.75) is 18.8 Å². The number of hydrogen-bond acceptors (Lipinski definition) is 3. The second-order valence-corrected chi connectivity index (χ2v) is 4.19. The summed E-state index contributed by atoms with van der Waals surface area (Å²) >= 11 is 3.25. The molecule has 5 heteroatoms. The zero-order chi connectivity index (χ0) is 9.42. The first kappa shape index (κ1) is 9.18. The van der Waals surface area contributed by atoms with Crippen molar-refractivity contribution < 1.29 is 10.0 Å². The van der Waals surface area contributed by atoms with Crippen LogP contribution in [0.2, 0.25) is 0 Å². The van der Waals surface area contributed by atoms with Crippen LogP contribution in [-0.2, 0) is 0 Å². The summed E-state index contributed by atoms with van der Waals surface area (Å²) in [5.74, 6) is 0.435. The highest BCUT2D eigenvalue weighted by Crippen LogP contribution is 2.38. The van der Waals surface area contributed by atoms with Gasteiger partial charge in [0.1, 0.15) is 0 Å². The summed E-state index contributed by atoms with van der Waals surface area (Å²) < 4.78 is 0.778. The van der Waals surface area contributed by atoms with Gasteiger partial charge >= 0.3 is 7.12 Å². The normalized spacial score (nSPS) is 15.9. The van der Waals surface area contributed by atoms with Crippen LogP contribution in [0.25, 0.3) is 0 Å². The third kappa shape index (κ3) is 1.93. The lowest BCUT2D eigenvalue weighted by Crippen LogP contribution is -2.33. The number of aromatic nitrogens is 1. The molecule has 1 aliphatic carbocycles. The first-order valence-electron chi connectivity index (χ1n) is 4.20. The van der Waals surface area contributed by atoms with Crippen LogP contribution >= 0.6 is 15.9 Å². The zero-order valence-corrected chi connectivity index (χ0v) is 8.53. The van der Waals surface area contributed by atoms with Crippen LogP contribution in [0, 0.1) is 0 Å². The minimum Gasteiger partial charge on any atom is -0.423 e. The van der Waals surface area contributed by atoms with Crippen molar-refractivity contribution in [3.8, 4) is 0 Å². The van der Waals surface area contributed by atoms with Crippen LogP contribution in [0.1, 0.15) is 24.5 Å². The Kier molecular flexibility index (Phi) is 2.40. The quantitative estimate of drug-likeness (QED) is 0.738. The molecule has 3 nitrogen and oxygen atoms in total. The fraction of sp³-hybridized carbons (Fsp3) is 0.375. The zero-order valence-electron chi connectivity index (χ0n) is 6.94. The van der Waals surface area contributed by atoms with Gasteiger partial charge in [0, 0.05) is 27.7 Å². The molecule has 0 amide bonds. The van der Waals surface area contributed by atoms with E-state index in [2.05, 4.69) is 20.9 Å². The molecule has 68 valence electrons. The second kappa shape index (κ2) is 3.40. The lowest BCUT2D eigenvalue weighted by atomic mass is 9.78. The predicted molar refractivity (Wildman–Crippen MR) is 53.7 cm³/mol. The molecule has 0 bridgehead atoms. The molecule has 2 rings (SSSR count). The molecule has 2 N–H and O–H groups in total. The average molecular weight is 242 g/mol. The van der Waals surface area contributed by atoms with Crippen LogP contribution in [0.15, 0.2) is 16.7 Å². The van der Waals surface area contributed by atoms with Gasteiger partial charge in [-0.3, -0.25) is 4.98 Å². The van der Waals surface area contributed by atoms with Gasteiger partial charge < -0.3 is 10.0 Å². The van der Waals surface area contributed by atoms with E-state index in [0.29, 0.717) is 11.4 Å². The number of nitrogens with zero attached hydrogens (tertiary/aromatic N) is 1. The van der Waals surface area contributed by atoms with Crippen molar-refractivity contribution in [1.82, 2.24) is 4.98 Å². The Labute approximate surface area is 85.1 Å². The maximum Gasteiger partial charge on any atom is 0.490 e. The molecule has 1 aliphatic rings. The third-order valence-corrected chi connectivity index (χ3v) is 2.59. The molecule has 1 aromatic heterocycles. The van der Waals surface area contributed by atoms with E-state index in [4.69, 9.17) is 10.0 Å². The Morgan fingerprint density at radius 1 is 1.46 bits per heavy atom. The van der Waals surface area contributed by atoms with Gasteiger partial charge in [0.25, 0.3) is 0 Å². The van der Waals surface area contributed by atoms with Crippen LogP contribution in [0.3, 0.4) is 0 Å². The molecule has 1 aromatic rings.